The number of hydrogen-bond donors (Lipinski definition) is 0. The third-order valence-corrected chi connectivity index (χ3v) is 3.93. The first kappa shape index (κ1) is 15.1. The van der Waals surface area contributed by atoms with Crippen molar-refractivity contribution in [2.75, 3.05) is 14.2 Å². The van der Waals surface area contributed by atoms with E-state index in [4.69, 9.17) is 14.5 Å². The minimum Gasteiger partial charge on any atom is -0.497 e. The van der Waals surface area contributed by atoms with Crippen molar-refractivity contribution < 1.29 is 9.47 Å². The number of methoxy groups -OCH3 is 2. The average Bonchev–Trinajstić information content (AvgIpc) is 2.60. The lowest BCUT2D eigenvalue weighted by Gasteiger charge is -2.11. The SMILES string of the molecule is C=C(c1cc(OC)cc(OC)c1)c1ccc2cccc(C)c2n1. The molecule has 23 heavy (non-hydrogen) atoms. The number of ether oxygens (including phenoxy) is 2. The summed E-state index contributed by atoms with van der Waals surface area (Å²) in [4.78, 5) is 4.78. The lowest BCUT2D eigenvalue weighted by atomic mass is 10.0. The van der Waals surface area contributed by atoms with Crippen molar-refractivity contribution in [2.24, 2.45) is 0 Å². The molecule has 0 bridgehead atoms. The quantitative estimate of drug-likeness (QED) is 0.704. The molecule has 3 aromatic rings. The van der Waals surface area contributed by atoms with Gasteiger partial charge in [0.25, 0.3) is 0 Å². The molecule has 3 nitrogen and oxygen atoms in total. The summed E-state index contributed by atoms with van der Waals surface area (Å²) in [5.41, 5.74) is 4.78. The van der Waals surface area contributed by atoms with Gasteiger partial charge < -0.3 is 9.47 Å². The number of aromatic nitrogens is 1. The zero-order valence-corrected chi connectivity index (χ0v) is 13.6. The van der Waals surface area contributed by atoms with Crippen molar-refractivity contribution in [1.29, 1.82) is 0 Å². The predicted octanol–water partition coefficient (Wildman–Crippen LogP) is 4.62. The van der Waals surface area contributed by atoms with E-state index in [1.807, 2.05) is 30.3 Å². The smallest absolute Gasteiger partial charge is 0.123 e. The molecule has 0 unspecified atom stereocenters. The van der Waals surface area contributed by atoms with Gasteiger partial charge in [-0.3, -0.25) is 0 Å². The fourth-order valence-corrected chi connectivity index (χ4v) is 2.59. The molecule has 0 atom stereocenters. The Morgan fingerprint density at radius 2 is 1.65 bits per heavy atom. The van der Waals surface area contributed by atoms with Crippen LogP contribution in [0.25, 0.3) is 16.5 Å². The molecular formula is C20H19NO2. The van der Waals surface area contributed by atoms with Crippen LogP contribution < -0.4 is 9.47 Å². The van der Waals surface area contributed by atoms with Crippen LogP contribution in [-0.4, -0.2) is 19.2 Å². The van der Waals surface area contributed by atoms with Crippen molar-refractivity contribution in [3.8, 4) is 11.5 Å². The van der Waals surface area contributed by atoms with E-state index in [-0.39, 0.29) is 0 Å². The summed E-state index contributed by atoms with van der Waals surface area (Å²) in [5.74, 6) is 1.47. The highest BCUT2D eigenvalue weighted by atomic mass is 16.5. The number of benzene rings is 2. The summed E-state index contributed by atoms with van der Waals surface area (Å²) in [7, 11) is 3.28. The van der Waals surface area contributed by atoms with Crippen molar-refractivity contribution in [3.05, 3.63) is 71.9 Å². The summed E-state index contributed by atoms with van der Waals surface area (Å²) in [5, 5.41) is 1.13. The van der Waals surface area contributed by atoms with Gasteiger partial charge in [0.05, 0.1) is 25.4 Å². The molecule has 0 amide bonds. The van der Waals surface area contributed by atoms with Crippen molar-refractivity contribution in [1.82, 2.24) is 4.98 Å². The molecule has 0 radical (unpaired) electrons. The van der Waals surface area contributed by atoms with Gasteiger partial charge in [0, 0.05) is 17.0 Å². The zero-order chi connectivity index (χ0) is 16.4. The van der Waals surface area contributed by atoms with Gasteiger partial charge in [-0.05, 0) is 36.2 Å². The molecule has 3 heteroatoms. The van der Waals surface area contributed by atoms with Crippen LogP contribution in [0.5, 0.6) is 11.5 Å². The highest BCUT2D eigenvalue weighted by molar-refractivity contribution is 5.86. The normalized spacial score (nSPS) is 10.6. The van der Waals surface area contributed by atoms with Gasteiger partial charge in [0.15, 0.2) is 0 Å². The van der Waals surface area contributed by atoms with E-state index in [1.54, 1.807) is 14.2 Å². The molecule has 0 aliphatic heterocycles. The maximum atomic E-state index is 5.33. The van der Waals surface area contributed by atoms with Gasteiger partial charge in [-0.15, -0.1) is 0 Å². The Hall–Kier alpha value is -2.81. The van der Waals surface area contributed by atoms with Crippen LogP contribution in [0.15, 0.2) is 55.1 Å². The molecule has 2 aromatic carbocycles. The third-order valence-electron chi connectivity index (χ3n) is 3.93. The second-order valence-electron chi connectivity index (χ2n) is 5.42. The molecule has 0 fully saturated rings. The Balaban J connectivity index is 2.08. The Kier molecular flexibility index (Phi) is 4.02. The largest absolute Gasteiger partial charge is 0.497 e. The van der Waals surface area contributed by atoms with Gasteiger partial charge in [0.2, 0.25) is 0 Å². The molecule has 0 saturated carbocycles. The van der Waals surface area contributed by atoms with Crippen LogP contribution >= 0.6 is 0 Å². The second kappa shape index (κ2) is 6.13. The van der Waals surface area contributed by atoms with Crippen molar-refractivity contribution in [2.45, 2.75) is 6.92 Å². The van der Waals surface area contributed by atoms with Crippen molar-refractivity contribution in [3.63, 3.8) is 0 Å². The van der Waals surface area contributed by atoms with Gasteiger partial charge in [-0.2, -0.15) is 0 Å². The maximum absolute atomic E-state index is 5.33. The minimum absolute atomic E-state index is 0.734. The Morgan fingerprint density at radius 1 is 0.957 bits per heavy atom. The highest BCUT2D eigenvalue weighted by Gasteiger charge is 2.09. The van der Waals surface area contributed by atoms with Crippen LogP contribution in [0.1, 0.15) is 16.8 Å². The van der Waals surface area contributed by atoms with Gasteiger partial charge in [0.1, 0.15) is 11.5 Å². The summed E-state index contributed by atoms with van der Waals surface area (Å²) >= 11 is 0. The summed E-state index contributed by atoms with van der Waals surface area (Å²) in [6, 6.07) is 16.0. The standard InChI is InChI=1S/C20H19NO2/c1-13-6-5-7-15-8-9-19(21-20(13)15)14(2)16-10-17(22-3)12-18(11-16)23-4/h5-12H,2H2,1,3-4H3. The zero-order valence-electron chi connectivity index (χ0n) is 13.6. The molecule has 1 heterocycles. The molecule has 0 aliphatic rings. The van der Waals surface area contributed by atoms with E-state index in [0.717, 1.165) is 44.8 Å². The molecule has 0 N–H and O–H groups in total. The average molecular weight is 305 g/mol. The second-order valence-corrected chi connectivity index (χ2v) is 5.42. The molecular weight excluding hydrogens is 286 g/mol. The van der Waals surface area contributed by atoms with Crippen LogP contribution in [0.2, 0.25) is 0 Å². The van der Waals surface area contributed by atoms with E-state index in [1.165, 1.54) is 0 Å². The molecule has 0 aliphatic carbocycles. The van der Waals surface area contributed by atoms with E-state index in [0.29, 0.717) is 0 Å². The Morgan fingerprint density at radius 3 is 2.30 bits per heavy atom. The predicted molar refractivity (Wildman–Crippen MR) is 94.2 cm³/mol. The van der Waals surface area contributed by atoms with E-state index in [2.05, 4.69) is 31.7 Å². The fraction of sp³-hybridized carbons (Fsp3) is 0.150. The first-order valence-electron chi connectivity index (χ1n) is 7.41. The highest BCUT2D eigenvalue weighted by Crippen LogP contribution is 2.30. The molecule has 116 valence electrons. The van der Waals surface area contributed by atoms with Crippen molar-refractivity contribution >= 4 is 16.5 Å². The van der Waals surface area contributed by atoms with Gasteiger partial charge in [-0.1, -0.05) is 30.8 Å². The molecule has 0 spiro atoms. The lowest BCUT2D eigenvalue weighted by Crippen LogP contribution is -1.95. The Labute approximate surface area is 136 Å². The molecule has 3 rings (SSSR count). The number of pyridine rings is 1. The number of aryl methyl sites for hydroxylation is 1. The molecule has 1 aromatic heterocycles. The van der Waals surface area contributed by atoms with E-state index >= 15 is 0 Å². The van der Waals surface area contributed by atoms with Crippen LogP contribution in [-0.2, 0) is 0 Å². The number of para-hydroxylation sites is 1. The maximum Gasteiger partial charge on any atom is 0.123 e. The number of fused-ring (bicyclic) bond motifs is 1. The Bertz CT molecular complexity index is 862. The first-order valence-corrected chi connectivity index (χ1v) is 7.41. The lowest BCUT2D eigenvalue weighted by molar-refractivity contribution is 0.394. The monoisotopic (exact) mass is 305 g/mol. The summed E-state index contributed by atoms with van der Waals surface area (Å²) in [6.07, 6.45) is 0. The summed E-state index contributed by atoms with van der Waals surface area (Å²) in [6.45, 7) is 6.27. The van der Waals surface area contributed by atoms with Crippen LogP contribution in [0.3, 0.4) is 0 Å². The number of hydrogen-bond acceptors (Lipinski definition) is 3. The number of rotatable bonds is 4. The topological polar surface area (TPSA) is 31.4 Å². The fourth-order valence-electron chi connectivity index (χ4n) is 2.59. The molecule has 0 saturated heterocycles. The first-order chi connectivity index (χ1) is 11.1. The summed E-state index contributed by atoms with van der Waals surface area (Å²) < 4.78 is 10.7. The van der Waals surface area contributed by atoms with E-state index < -0.39 is 0 Å². The van der Waals surface area contributed by atoms with Crippen LogP contribution in [0.4, 0.5) is 0 Å². The van der Waals surface area contributed by atoms with E-state index in [9.17, 15) is 0 Å². The van der Waals surface area contributed by atoms with Gasteiger partial charge in [-0.25, -0.2) is 4.98 Å². The van der Waals surface area contributed by atoms with Crippen LogP contribution in [0, 0.1) is 6.92 Å². The third kappa shape index (κ3) is 2.90. The number of nitrogens with zero attached hydrogens (tertiary/aromatic N) is 1. The minimum atomic E-state index is 0.734. The van der Waals surface area contributed by atoms with Gasteiger partial charge >= 0.3 is 0 Å².